The largest absolute Gasteiger partial charge is 0.493 e. The summed E-state index contributed by atoms with van der Waals surface area (Å²) in [6.45, 7) is 10.7. The highest BCUT2D eigenvalue weighted by molar-refractivity contribution is 5.85. The third kappa shape index (κ3) is 11.5. The van der Waals surface area contributed by atoms with E-state index in [1.807, 2.05) is 42.9 Å². The lowest BCUT2D eigenvalue weighted by Crippen LogP contribution is -2.32. The van der Waals surface area contributed by atoms with E-state index >= 15 is 0 Å². The first-order chi connectivity index (χ1) is 13.5. The minimum atomic E-state index is -4.41. The Labute approximate surface area is 169 Å². The van der Waals surface area contributed by atoms with Gasteiger partial charge in [-0.15, -0.1) is 0 Å². The van der Waals surface area contributed by atoms with Crippen molar-refractivity contribution in [3.63, 3.8) is 0 Å². The van der Waals surface area contributed by atoms with Gasteiger partial charge in [0.15, 0.2) is 18.2 Å². The number of allylic oxidation sites excluding steroid dienone is 1. The molecule has 0 aromatic carbocycles. The molecule has 0 saturated heterocycles. The molecule has 0 N–H and O–H groups in total. The molecule has 0 amide bonds. The average molecular weight is 414 g/mol. The number of nitrogens with zero attached hydrogens (tertiary/aromatic N) is 3. The van der Waals surface area contributed by atoms with E-state index in [-0.39, 0.29) is 5.97 Å². The molecule has 1 aromatic rings. The second kappa shape index (κ2) is 13.2. The number of hydrogen-bond acceptors (Lipinski definition) is 5. The molecule has 0 spiro atoms. The van der Waals surface area contributed by atoms with Crippen molar-refractivity contribution in [1.82, 2.24) is 0 Å². The minimum Gasteiger partial charge on any atom is -0.493 e. The van der Waals surface area contributed by atoms with Crippen molar-refractivity contribution in [2.24, 2.45) is 9.98 Å². The fourth-order valence-corrected chi connectivity index (χ4v) is 1.90. The van der Waals surface area contributed by atoms with E-state index in [9.17, 15) is 18.0 Å². The molecule has 0 atom stereocenters. The van der Waals surface area contributed by atoms with E-state index in [2.05, 4.69) is 32.8 Å². The van der Waals surface area contributed by atoms with E-state index in [1.54, 1.807) is 6.20 Å². The van der Waals surface area contributed by atoms with Crippen molar-refractivity contribution in [3.8, 4) is 0 Å². The molecule has 160 valence electrons. The maximum Gasteiger partial charge on any atom is 0.448 e. The van der Waals surface area contributed by atoms with Crippen molar-refractivity contribution < 1.29 is 32.0 Å². The number of esters is 1. The summed E-state index contributed by atoms with van der Waals surface area (Å²) in [5.41, 5.74) is 2.72. The number of methoxy groups -OCH3 is 2. The number of ether oxygens (including phenoxy) is 2. The lowest BCUT2D eigenvalue weighted by atomic mass is 10.2. The summed E-state index contributed by atoms with van der Waals surface area (Å²) in [5, 5.41) is 0. The second-order valence-corrected chi connectivity index (χ2v) is 5.89. The van der Waals surface area contributed by atoms with Gasteiger partial charge in [0, 0.05) is 29.8 Å². The highest BCUT2D eigenvalue weighted by atomic mass is 19.4. The predicted molar refractivity (Wildman–Crippen MR) is 106 cm³/mol. The standard InChI is InChI=1S/C16H22N3O2.C4H5F3O/c1-13(2)18-15(12-17-3)14-7-10-19(11-8-14)9-5-6-16(20)21-4;1-3(8-2)4(5,6)7/h7-8,10-12H,3,5-6,9H2,1-2,4H3;1H2,2H3/q+1;. The fourth-order valence-electron chi connectivity index (χ4n) is 1.90. The summed E-state index contributed by atoms with van der Waals surface area (Å²) in [6, 6.07) is 3.95. The Morgan fingerprint density at radius 2 is 1.79 bits per heavy atom. The second-order valence-electron chi connectivity index (χ2n) is 5.89. The Hall–Kier alpha value is -2.97. The predicted octanol–water partition coefficient (Wildman–Crippen LogP) is 4.12. The molecule has 0 aliphatic carbocycles. The first-order valence-electron chi connectivity index (χ1n) is 8.59. The Morgan fingerprint density at radius 3 is 2.17 bits per heavy atom. The molecule has 1 rings (SSSR count). The molecular weight excluding hydrogens is 387 g/mol. The van der Waals surface area contributed by atoms with Crippen molar-refractivity contribution in [2.45, 2.75) is 39.4 Å². The van der Waals surface area contributed by atoms with Crippen LogP contribution in [0.15, 0.2) is 53.0 Å². The maximum absolute atomic E-state index is 11.2. The van der Waals surface area contributed by atoms with E-state index < -0.39 is 11.9 Å². The summed E-state index contributed by atoms with van der Waals surface area (Å²) in [7, 11) is 2.33. The molecule has 0 aliphatic heterocycles. The number of halogens is 3. The van der Waals surface area contributed by atoms with Gasteiger partial charge in [0.25, 0.3) is 0 Å². The fraction of sp³-hybridized carbons (Fsp3) is 0.400. The van der Waals surface area contributed by atoms with E-state index in [1.165, 1.54) is 7.11 Å². The van der Waals surface area contributed by atoms with Crippen molar-refractivity contribution >= 4 is 24.1 Å². The van der Waals surface area contributed by atoms with Crippen molar-refractivity contribution in [1.29, 1.82) is 0 Å². The zero-order valence-corrected chi connectivity index (χ0v) is 17.1. The number of aliphatic imine (C=N–C) groups is 2. The SMILES string of the molecule is C=C(OC)C(F)(F)F.C=N/C=C(\N=C(C)C)c1cc[n+](CCCC(=O)OC)cc1. The normalized spacial score (nSPS) is 10.9. The number of carbonyl (C=O) groups is 1. The lowest BCUT2D eigenvalue weighted by Gasteiger charge is -2.06. The molecule has 0 unspecified atom stereocenters. The molecule has 0 bridgehead atoms. The summed E-state index contributed by atoms with van der Waals surface area (Å²) in [6.07, 6.45) is 2.34. The quantitative estimate of drug-likeness (QED) is 0.278. The topological polar surface area (TPSA) is 64.1 Å². The molecular formula is C20H27F3N3O3+. The van der Waals surface area contributed by atoms with E-state index in [0.29, 0.717) is 6.42 Å². The van der Waals surface area contributed by atoms with Crippen LogP contribution in [-0.4, -0.2) is 38.8 Å². The maximum atomic E-state index is 11.2. The highest BCUT2D eigenvalue weighted by Gasteiger charge is 2.33. The molecule has 9 heteroatoms. The number of aryl methyl sites for hydroxylation is 1. The van der Waals surface area contributed by atoms with Gasteiger partial charge in [-0.3, -0.25) is 14.8 Å². The monoisotopic (exact) mass is 414 g/mol. The third-order valence-corrected chi connectivity index (χ3v) is 3.33. The minimum absolute atomic E-state index is 0.178. The van der Waals surface area contributed by atoms with Gasteiger partial charge in [-0.25, -0.2) is 4.57 Å². The third-order valence-electron chi connectivity index (χ3n) is 3.33. The molecule has 6 nitrogen and oxygen atoms in total. The van der Waals surface area contributed by atoms with Gasteiger partial charge in [0.05, 0.1) is 32.5 Å². The first kappa shape index (κ1) is 26.0. The van der Waals surface area contributed by atoms with Crippen LogP contribution in [-0.2, 0) is 20.8 Å². The first-order valence-corrected chi connectivity index (χ1v) is 8.59. The zero-order valence-electron chi connectivity index (χ0n) is 17.1. The van der Waals surface area contributed by atoms with Gasteiger partial charge in [-0.05, 0) is 20.6 Å². The summed E-state index contributed by atoms with van der Waals surface area (Å²) < 4.78 is 44.1. The van der Waals surface area contributed by atoms with Gasteiger partial charge in [-0.2, -0.15) is 13.2 Å². The van der Waals surface area contributed by atoms with Crippen LogP contribution in [0.25, 0.3) is 5.70 Å². The van der Waals surface area contributed by atoms with Gasteiger partial charge in [0.2, 0.25) is 0 Å². The molecule has 0 fully saturated rings. The van der Waals surface area contributed by atoms with Crippen LogP contribution in [0.1, 0.15) is 32.3 Å². The van der Waals surface area contributed by atoms with Crippen LogP contribution in [0.3, 0.4) is 0 Å². The summed E-state index contributed by atoms with van der Waals surface area (Å²) in [5.74, 6) is -1.35. The van der Waals surface area contributed by atoms with Crippen LogP contribution < -0.4 is 4.57 Å². The Bertz CT molecular complexity index is 736. The van der Waals surface area contributed by atoms with Crippen LogP contribution in [0, 0.1) is 0 Å². The molecule has 0 radical (unpaired) electrons. The van der Waals surface area contributed by atoms with Crippen LogP contribution in [0.5, 0.6) is 0 Å². The summed E-state index contributed by atoms with van der Waals surface area (Å²) in [4.78, 5) is 19.3. The van der Waals surface area contributed by atoms with Gasteiger partial charge >= 0.3 is 12.1 Å². The van der Waals surface area contributed by atoms with Gasteiger partial charge in [-0.1, -0.05) is 6.58 Å². The average Bonchev–Trinajstić information content (AvgIpc) is 2.66. The lowest BCUT2D eigenvalue weighted by molar-refractivity contribution is -0.697. The smallest absolute Gasteiger partial charge is 0.448 e. The number of carbonyl (C=O) groups excluding carboxylic acids is 1. The van der Waals surface area contributed by atoms with Gasteiger partial charge in [0.1, 0.15) is 6.54 Å². The Kier molecular flexibility index (Phi) is 11.9. The number of pyridine rings is 1. The van der Waals surface area contributed by atoms with Crippen LogP contribution >= 0.6 is 0 Å². The van der Waals surface area contributed by atoms with Crippen LogP contribution in [0.4, 0.5) is 13.2 Å². The van der Waals surface area contributed by atoms with E-state index in [4.69, 9.17) is 0 Å². The zero-order chi connectivity index (χ0) is 22.4. The van der Waals surface area contributed by atoms with Gasteiger partial charge < -0.3 is 9.47 Å². The highest BCUT2D eigenvalue weighted by Crippen LogP contribution is 2.23. The van der Waals surface area contributed by atoms with Crippen LogP contribution in [0.2, 0.25) is 0 Å². The number of rotatable bonds is 8. The van der Waals surface area contributed by atoms with E-state index in [0.717, 1.165) is 37.0 Å². The molecule has 0 saturated carbocycles. The van der Waals surface area contributed by atoms with Crippen molar-refractivity contribution in [2.75, 3.05) is 14.2 Å². The van der Waals surface area contributed by atoms with Crippen molar-refractivity contribution in [3.05, 3.63) is 48.6 Å². The molecule has 1 heterocycles. The number of hydrogen-bond donors (Lipinski definition) is 0. The molecule has 0 aliphatic rings. The Balaban J connectivity index is 0.000000828. The number of alkyl halides is 3. The molecule has 29 heavy (non-hydrogen) atoms. The number of aromatic nitrogens is 1. The Morgan fingerprint density at radius 1 is 1.21 bits per heavy atom. The summed E-state index contributed by atoms with van der Waals surface area (Å²) >= 11 is 0. The molecule has 1 aromatic heterocycles.